The van der Waals surface area contributed by atoms with Crippen LogP contribution in [0.15, 0.2) is 23.1 Å². The molecule has 1 aromatic carbocycles. The molecule has 0 saturated heterocycles. The number of carboxylic acid groups (broad SMARTS) is 1. The average Bonchev–Trinajstić information content (AvgIpc) is 2.74. The molecule has 0 fully saturated rings. The van der Waals surface area contributed by atoms with Crippen LogP contribution in [0.4, 0.5) is 0 Å². The minimum atomic E-state index is -3.59. The summed E-state index contributed by atoms with van der Waals surface area (Å²) in [7, 11) is -3.59. The number of nitrogens with one attached hydrogen (secondary N) is 1. The van der Waals surface area contributed by atoms with E-state index in [1.54, 1.807) is 12.1 Å². The maximum absolute atomic E-state index is 11.9. The topological polar surface area (TPSA) is 83.5 Å². The third kappa shape index (κ3) is 2.88. The Morgan fingerprint density at radius 1 is 1.28 bits per heavy atom. The van der Waals surface area contributed by atoms with Crippen molar-refractivity contribution in [1.29, 1.82) is 0 Å². The van der Waals surface area contributed by atoms with Gasteiger partial charge in [-0.3, -0.25) is 4.79 Å². The highest BCUT2D eigenvalue weighted by Crippen LogP contribution is 2.24. The summed E-state index contributed by atoms with van der Waals surface area (Å²) in [6.45, 7) is -0.0885. The van der Waals surface area contributed by atoms with Crippen molar-refractivity contribution < 1.29 is 18.3 Å². The molecule has 1 aliphatic rings. The summed E-state index contributed by atoms with van der Waals surface area (Å²) in [6, 6.07) is 5.10. The first-order chi connectivity index (χ1) is 8.49. The molecule has 1 aliphatic carbocycles. The van der Waals surface area contributed by atoms with Crippen LogP contribution in [0.25, 0.3) is 0 Å². The molecular weight excluding hydrogens is 254 g/mol. The lowest BCUT2D eigenvalue weighted by atomic mass is 10.1. The molecule has 0 aromatic heterocycles. The predicted molar refractivity (Wildman–Crippen MR) is 65.9 cm³/mol. The number of aliphatic carboxylic acids is 1. The molecule has 0 aliphatic heterocycles. The van der Waals surface area contributed by atoms with E-state index >= 15 is 0 Å². The van der Waals surface area contributed by atoms with E-state index < -0.39 is 16.0 Å². The minimum absolute atomic E-state index is 0.0885. The molecule has 0 unspecified atom stereocenters. The van der Waals surface area contributed by atoms with Gasteiger partial charge >= 0.3 is 5.97 Å². The summed E-state index contributed by atoms with van der Waals surface area (Å²) in [5, 5.41) is 8.47. The fourth-order valence-corrected chi connectivity index (χ4v) is 3.17. The van der Waals surface area contributed by atoms with Crippen molar-refractivity contribution in [2.75, 3.05) is 6.54 Å². The molecule has 18 heavy (non-hydrogen) atoms. The highest BCUT2D eigenvalue weighted by molar-refractivity contribution is 7.89. The zero-order chi connectivity index (χ0) is 13.2. The Hall–Kier alpha value is -1.40. The van der Waals surface area contributed by atoms with Crippen molar-refractivity contribution in [2.45, 2.75) is 30.6 Å². The minimum Gasteiger partial charge on any atom is -0.481 e. The zero-order valence-corrected chi connectivity index (χ0v) is 10.7. The van der Waals surface area contributed by atoms with Crippen LogP contribution < -0.4 is 4.72 Å². The van der Waals surface area contributed by atoms with E-state index in [1.165, 1.54) is 5.56 Å². The summed E-state index contributed by atoms with van der Waals surface area (Å²) in [4.78, 5) is 10.6. The van der Waals surface area contributed by atoms with Gasteiger partial charge in [-0.1, -0.05) is 6.07 Å². The van der Waals surface area contributed by atoms with Gasteiger partial charge in [-0.15, -0.1) is 0 Å². The lowest BCUT2D eigenvalue weighted by Crippen LogP contribution is -2.26. The van der Waals surface area contributed by atoms with E-state index in [1.807, 2.05) is 6.07 Å². The Balaban J connectivity index is 2.12. The predicted octanol–water partition coefficient (Wildman–Crippen LogP) is 0.928. The maximum Gasteiger partial charge on any atom is 0.304 e. The number of benzene rings is 1. The van der Waals surface area contributed by atoms with Crippen LogP contribution in [-0.4, -0.2) is 26.0 Å². The van der Waals surface area contributed by atoms with E-state index in [0.29, 0.717) is 0 Å². The van der Waals surface area contributed by atoms with E-state index in [0.717, 1.165) is 24.8 Å². The van der Waals surface area contributed by atoms with Crippen LogP contribution in [0.1, 0.15) is 24.0 Å². The van der Waals surface area contributed by atoms with Crippen molar-refractivity contribution in [3.8, 4) is 0 Å². The molecule has 2 N–H and O–H groups in total. The quantitative estimate of drug-likeness (QED) is 0.833. The molecule has 98 valence electrons. The largest absolute Gasteiger partial charge is 0.481 e. The van der Waals surface area contributed by atoms with Crippen LogP contribution >= 0.6 is 0 Å². The average molecular weight is 269 g/mol. The van der Waals surface area contributed by atoms with E-state index in [2.05, 4.69) is 4.72 Å². The summed E-state index contributed by atoms with van der Waals surface area (Å²) >= 11 is 0. The summed E-state index contributed by atoms with van der Waals surface area (Å²) in [6.07, 6.45) is 2.76. The number of rotatable bonds is 5. The molecule has 6 heteroatoms. The lowest BCUT2D eigenvalue weighted by Gasteiger charge is -2.07. The fourth-order valence-electron chi connectivity index (χ4n) is 2.09. The number of fused-ring (bicyclic) bond motifs is 1. The van der Waals surface area contributed by atoms with Gasteiger partial charge in [0.05, 0.1) is 11.3 Å². The Morgan fingerprint density at radius 3 is 2.72 bits per heavy atom. The molecule has 0 bridgehead atoms. The SMILES string of the molecule is O=C(O)CCNS(=O)(=O)c1ccc2c(c1)CCC2. The fraction of sp³-hybridized carbons (Fsp3) is 0.417. The van der Waals surface area contributed by atoms with Gasteiger partial charge in [0.25, 0.3) is 0 Å². The summed E-state index contributed by atoms with van der Waals surface area (Å²) in [5.41, 5.74) is 2.29. The van der Waals surface area contributed by atoms with E-state index in [4.69, 9.17) is 5.11 Å². The van der Waals surface area contributed by atoms with Gasteiger partial charge in [-0.25, -0.2) is 13.1 Å². The van der Waals surface area contributed by atoms with Crippen molar-refractivity contribution in [1.82, 2.24) is 4.72 Å². The van der Waals surface area contributed by atoms with Gasteiger partial charge in [0.15, 0.2) is 0 Å². The molecule has 0 amide bonds. The Labute approximate surface area is 106 Å². The molecule has 0 heterocycles. The molecule has 0 radical (unpaired) electrons. The molecule has 0 saturated carbocycles. The van der Waals surface area contributed by atoms with Crippen molar-refractivity contribution in [2.24, 2.45) is 0 Å². The van der Waals surface area contributed by atoms with Gasteiger partial charge < -0.3 is 5.11 Å². The van der Waals surface area contributed by atoms with Gasteiger partial charge in [0.1, 0.15) is 0 Å². The Bertz CT molecular complexity index is 565. The molecule has 1 aromatic rings. The maximum atomic E-state index is 11.9. The van der Waals surface area contributed by atoms with Crippen LogP contribution in [0, 0.1) is 0 Å². The molecule has 5 nitrogen and oxygen atoms in total. The van der Waals surface area contributed by atoms with Crippen LogP contribution in [0.5, 0.6) is 0 Å². The highest BCUT2D eigenvalue weighted by Gasteiger charge is 2.18. The van der Waals surface area contributed by atoms with Crippen LogP contribution in [-0.2, 0) is 27.7 Å². The van der Waals surface area contributed by atoms with Crippen LogP contribution in [0.2, 0.25) is 0 Å². The third-order valence-electron chi connectivity index (χ3n) is 3.01. The smallest absolute Gasteiger partial charge is 0.304 e. The molecular formula is C12H15NO4S. The van der Waals surface area contributed by atoms with Gasteiger partial charge in [-0.05, 0) is 42.5 Å². The summed E-state index contributed by atoms with van der Waals surface area (Å²) < 4.78 is 26.1. The van der Waals surface area contributed by atoms with Crippen molar-refractivity contribution >= 4 is 16.0 Å². The second-order valence-electron chi connectivity index (χ2n) is 4.33. The first-order valence-corrected chi connectivity index (χ1v) is 7.30. The monoisotopic (exact) mass is 269 g/mol. The molecule has 0 atom stereocenters. The molecule has 2 rings (SSSR count). The van der Waals surface area contributed by atoms with Gasteiger partial charge in [0.2, 0.25) is 10.0 Å². The molecule has 0 spiro atoms. The van der Waals surface area contributed by atoms with E-state index in [-0.39, 0.29) is 17.9 Å². The number of aryl methyl sites for hydroxylation is 2. The van der Waals surface area contributed by atoms with Crippen molar-refractivity contribution in [3.63, 3.8) is 0 Å². The van der Waals surface area contributed by atoms with Gasteiger partial charge in [-0.2, -0.15) is 0 Å². The number of carbonyl (C=O) groups is 1. The summed E-state index contributed by atoms with van der Waals surface area (Å²) in [5.74, 6) is -1.02. The zero-order valence-electron chi connectivity index (χ0n) is 9.85. The normalized spacial score (nSPS) is 14.4. The first-order valence-electron chi connectivity index (χ1n) is 5.82. The highest BCUT2D eigenvalue weighted by atomic mass is 32.2. The lowest BCUT2D eigenvalue weighted by molar-refractivity contribution is -0.136. The van der Waals surface area contributed by atoms with Crippen LogP contribution in [0.3, 0.4) is 0 Å². The van der Waals surface area contributed by atoms with E-state index in [9.17, 15) is 13.2 Å². The standard InChI is InChI=1S/C12H15NO4S/c14-12(15)6-7-13-18(16,17)11-5-4-9-2-1-3-10(9)8-11/h4-5,8,13H,1-3,6-7H2,(H,14,15). The number of carboxylic acids is 1. The second-order valence-corrected chi connectivity index (χ2v) is 6.09. The second kappa shape index (κ2) is 5.07. The number of hydrogen-bond acceptors (Lipinski definition) is 3. The Morgan fingerprint density at radius 2 is 2.00 bits per heavy atom. The third-order valence-corrected chi connectivity index (χ3v) is 4.47. The number of hydrogen-bond donors (Lipinski definition) is 2. The number of sulfonamides is 1. The first kappa shape index (κ1) is 13.0. The Kier molecular flexibility index (Phi) is 3.68. The van der Waals surface area contributed by atoms with Crippen molar-refractivity contribution in [3.05, 3.63) is 29.3 Å². The van der Waals surface area contributed by atoms with Gasteiger partial charge in [0, 0.05) is 6.54 Å².